The third kappa shape index (κ3) is 11.6. The van der Waals surface area contributed by atoms with Crippen molar-refractivity contribution in [3.63, 3.8) is 0 Å². The smallest absolute Gasteiger partial charge is 0.290 e. The highest BCUT2D eigenvalue weighted by Crippen LogP contribution is 2.44. The van der Waals surface area contributed by atoms with Crippen molar-refractivity contribution in [3.8, 4) is 0 Å². The number of aliphatic hydroxyl groups excluding tert-OH is 2. The van der Waals surface area contributed by atoms with E-state index in [1.807, 2.05) is 23.5 Å². The van der Waals surface area contributed by atoms with E-state index >= 15 is 0 Å². The number of β-amino-alcohol motifs (C(OH)–C–C–N with tert-alkyl or cyclic N) is 2. The fraction of sp³-hybridized carbons (Fsp3) is 0.302. The second-order valence-corrected chi connectivity index (χ2v) is 18.8. The van der Waals surface area contributed by atoms with Gasteiger partial charge < -0.3 is 15.3 Å². The normalized spacial score (nSPS) is 19.8. The number of piperazine rings is 2. The number of carbonyl (C=O) groups is 1. The molecule has 4 aliphatic rings. The first-order valence-electron chi connectivity index (χ1n) is 22.3. The van der Waals surface area contributed by atoms with Crippen LogP contribution in [0.15, 0.2) is 155 Å². The van der Waals surface area contributed by atoms with Crippen LogP contribution in [0.2, 0.25) is 0 Å². The molecule has 0 spiro atoms. The molecule has 4 atom stereocenters. The quantitative estimate of drug-likeness (QED) is 0.128. The first kappa shape index (κ1) is 46.6. The first-order valence-corrected chi connectivity index (χ1v) is 24.2. The molecule has 0 amide bonds. The highest BCUT2D eigenvalue weighted by atomic mass is 32.2. The third-order valence-corrected chi connectivity index (χ3v) is 15.1. The van der Waals surface area contributed by atoms with E-state index in [2.05, 4.69) is 117 Å². The standard InChI is InChI=1S/2C26H27FN2OS.CH2O2/c2*27-21-11-9-19(10-12-21)24(30)17-28-13-15-29(16-14-28)26-22-6-2-1-5-20(22)18-31-25-8-4-3-7-23(25)26;2-1-3/h2*1-12,24,26,30H,13-18H2;1H,(H,2,3). The Bertz CT molecular complexity index is 2200. The van der Waals surface area contributed by atoms with Crippen LogP contribution in [0.4, 0.5) is 8.78 Å². The van der Waals surface area contributed by atoms with E-state index in [0.717, 1.165) is 75.0 Å². The zero-order valence-electron chi connectivity index (χ0n) is 36.3. The molecule has 4 aliphatic heterocycles. The maximum atomic E-state index is 13.2. The van der Waals surface area contributed by atoms with Gasteiger partial charge in [-0.3, -0.25) is 24.4 Å². The lowest BCUT2D eigenvalue weighted by molar-refractivity contribution is -0.122. The molecule has 0 bridgehead atoms. The lowest BCUT2D eigenvalue weighted by Gasteiger charge is -2.40. The summed E-state index contributed by atoms with van der Waals surface area (Å²) >= 11 is 3.86. The van der Waals surface area contributed by atoms with Gasteiger partial charge in [0.1, 0.15) is 11.6 Å². The Kier molecular flexibility index (Phi) is 16.2. The first-order chi connectivity index (χ1) is 31.8. The van der Waals surface area contributed by atoms with Crippen molar-refractivity contribution in [1.82, 2.24) is 19.6 Å². The van der Waals surface area contributed by atoms with Gasteiger partial charge in [0.2, 0.25) is 0 Å². The van der Waals surface area contributed by atoms with Crippen molar-refractivity contribution in [1.29, 1.82) is 0 Å². The lowest BCUT2D eigenvalue weighted by atomic mass is 9.93. The molecule has 338 valence electrons. The number of halogens is 2. The maximum absolute atomic E-state index is 13.2. The summed E-state index contributed by atoms with van der Waals surface area (Å²) in [4.78, 5) is 20.9. The van der Waals surface area contributed by atoms with Crippen molar-refractivity contribution >= 4 is 30.0 Å². The van der Waals surface area contributed by atoms with Crippen molar-refractivity contribution in [3.05, 3.63) is 202 Å². The molecule has 0 aromatic heterocycles. The molecule has 2 fully saturated rings. The Hall–Kier alpha value is -4.89. The summed E-state index contributed by atoms with van der Waals surface area (Å²) in [6.07, 6.45) is -1.19. The average molecular weight is 915 g/mol. The van der Waals surface area contributed by atoms with Crippen molar-refractivity contribution in [2.45, 2.75) is 45.6 Å². The van der Waals surface area contributed by atoms with Gasteiger partial charge in [0.15, 0.2) is 0 Å². The van der Waals surface area contributed by atoms with Gasteiger partial charge >= 0.3 is 0 Å². The number of benzene rings is 6. The number of aliphatic hydroxyl groups is 2. The molecule has 4 heterocycles. The van der Waals surface area contributed by atoms with E-state index in [1.165, 1.54) is 67.4 Å². The van der Waals surface area contributed by atoms with Crippen LogP contribution in [0, 0.1) is 11.6 Å². The Labute approximate surface area is 389 Å². The number of thioether (sulfide) groups is 2. The Balaban J connectivity index is 0.000000167. The van der Waals surface area contributed by atoms with Crippen LogP contribution < -0.4 is 0 Å². The predicted molar refractivity (Wildman–Crippen MR) is 256 cm³/mol. The summed E-state index contributed by atoms with van der Waals surface area (Å²) in [5.41, 5.74) is 10.0. The van der Waals surface area contributed by atoms with Gasteiger partial charge in [-0.2, -0.15) is 0 Å². The van der Waals surface area contributed by atoms with Crippen LogP contribution in [0.1, 0.15) is 68.8 Å². The summed E-state index contributed by atoms with van der Waals surface area (Å²) in [7, 11) is 0. The largest absolute Gasteiger partial charge is 0.483 e. The molecule has 65 heavy (non-hydrogen) atoms. The zero-order chi connectivity index (χ0) is 45.1. The number of hydrogen-bond donors (Lipinski definition) is 3. The molecule has 4 unspecified atom stereocenters. The number of carboxylic acid groups (broad SMARTS) is 1. The van der Waals surface area contributed by atoms with Gasteiger partial charge in [-0.1, -0.05) is 109 Å². The molecule has 0 saturated carbocycles. The van der Waals surface area contributed by atoms with Crippen LogP contribution in [-0.4, -0.2) is 107 Å². The lowest BCUT2D eigenvalue weighted by Crippen LogP contribution is -2.48. The molecular weight excluding hydrogens is 859 g/mol. The summed E-state index contributed by atoms with van der Waals surface area (Å²) < 4.78 is 26.3. The van der Waals surface area contributed by atoms with Gasteiger partial charge in [-0.15, -0.1) is 23.5 Å². The Morgan fingerprint density at radius 3 is 1.18 bits per heavy atom. The molecule has 10 rings (SSSR count). The fourth-order valence-electron chi connectivity index (χ4n) is 9.45. The molecular formula is C53H56F2N4O4S2. The van der Waals surface area contributed by atoms with E-state index in [-0.39, 0.29) is 30.2 Å². The number of nitrogens with zero attached hydrogens (tertiary/aromatic N) is 4. The van der Waals surface area contributed by atoms with E-state index in [1.54, 1.807) is 24.3 Å². The molecule has 8 nitrogen and oxygen atoms in total. The third-order valence-electron chi connectivity index (χ3n) is 12.8. The second kappa shape index (κ2) is 22.5. The van der Waals surface area contributed by atoms with Gasteiger partial charge in [-0.05, 0) is 80.9 Å². The van der Waals surface area contributed by atoms with Gasteiger partial charge in [0.05, 0.1) is 24.3 Å². The Morgan fingerprint density at radius 2 is 0.815 bits per heavy atom. The van der Waals surface area contributed by atoms with Crippen molar-refractivity contribution in [2.75, 3.05) is 65.4 Å². The average Bonchev–Trinajstić information content (AvgIpc) is 3.61. The summed E-state index contributed by atoms with van der Waals surface area (Å²) in [6, 6.07) is 48.2. The summed E-state index contributed by atoms with van der Waals surface area (Å²) in [5, 5.41) is 28.1. The molecule has 6 aromatic rings. The summed E-state index contributed by atoms with van der Waals surface area (Å²) in [5.74, 6) is 1.47. The van der Waals surface area contributed by atoms with E-state index < -0.39 is 12.2 Å². The van der Waals surface area contributed by atoms with Crippen LogP contribution in [0.3, 0.4) is 0 Å². The minimum Gasteiger partial charge on any atom is -0.483 e. The van der Waals surface area contributed by atoms with Crippen LogP contribution in [0.5, 0.6) is 0 Å². The highest BCUT2D eigenvalue weighted by Gasteiger charge is 2.33. The highest BCUT2D eigenvalue weighted by molar-refractivity contribution is 7.98. The number of rotatable bonds is 8. The molecule has 12 heteroatoms. The van der Waals surface area contributed by atoms with Crippen LogP contribution in [-0.2, 0) is 16.3 Å². The molecule has 6 aromatic carbocycles. The van der Waals surface area contributed by atoms with E-state index in [9.17, 15) is 19.0 Å². The fourth-order valence-corrected chi connectivity index (χ4v) is 11.6. The summed E-state index contributed by atoms with van der Waals surface area (Å²) in [6.45, 7) is 8.35. The van der Waals surface area contributed by atoms with E-state index in [0.29, 0.717) is 13.1 Å². The van der Waals surface area contributed by atoms with Gasteiger partial charge in [-0.25, -0.2) is 8.78 Å². The minimum absolute atomic E-state index is 0.250. The van der Waals surface area contributed by atoms with Gasteiger partial charge in [0.25, 0.3) is 6.47 Å². The molecule has 0 radical (unpaired) electrons. The number of hydrogen-bond acceptors (Lipinski definition) is 9. The molecule has 2 saturated heterocycles. The van der Waals surface area contributed by atoms with Crippen molar-refractivity contribution in [2.24, 2.45) is 0 Å². The van der Waals surface area contributed by atoms with Crippen molar-refractivity contribution < 1.29 is 28.9 Å². The minimum atomic E-state index is -0.595. The second-order valence-electron chi connectivity index (χ2n) is 16.8. The van der Waals surface area contributed by atoms with E-state index in [4.69, 9.17) is 9.90 Å². The maximum Gasteiger partial charge on any atom is 0.290 e. The molecule has 3 N–H and O–H groups in total. The molecule has 0 aliphatic carbocycles. The monoisotopic (exact) mass is 914 g/mol. The number of fused-ring (bicyclic) bond motifs is 4. The van der Waals surface area contributed by atoms with Crippen LogP contribution in [0.25, 0.3) is 0 Å². The van der Waals surface area contributed by atoms with Crippen LogP contribution >= 0.6 is 23.5 Å². The SMILES string of the molecule is O=CO.OC(CN1CCN(C2c3ccccc3CSc3ccccc32)CC1)c1ccc(F)cc1.OC(CN1CCN(C2c3ccccc3CSc3ccccc32)CC1)c1ccc(F)cc1. The zero-order valence-corrected chi connectivity index (χ0v) is 38.0. The predicted octanol–water partition coefficient (Wildman–Crippen LogP) is 9.44. The topological polar surface area (TPSA) is 90.7 Å². The van der Waals surface area contributed by atoms with Gasteiger partial charge in [0, 0.05) is 86.7 Å². The Morgan fingerprint density at radius 1 is 0.492 bits per heavy atom.